The van der Waals surface area contributed by atoms with E-state index in [2.05, 4.69) is 5.32 Å². The SMILES string of the molecule is O=C(Nc1ccc2c(c1)S(=O)(=O)C=C2)c1ccc([N+](=O)[O-])cc1F. The zero-order chi connectivity index (χ0) is 17.5. The van der Waals surface area contributed by atoms with E-state index in [1.165, 1.54) is 24.3 Å². The molecule has 2 aromatic carbocycles. The van der Waals surface area contributed by atoms with E-state index < -0.39 is 32.2 Å². The third-order valence-corrected chi connectivity index (χ3v) is 4.87. The second kappa shape index (κ2) is 5.53. The molecule has 0 atom stereocenters. The van der Waals surface area contributed by atoms with Gasteiger partial charge >= 0.3 is 0 Å². The number of anilines is 1. The number of benzene rings is 2. The maximum Gasteiger partial charge on any atom is 0.272 e. The topological polar surface area (TPSA) is 106 Å². The minimum Gasteiger partial charge on any atom is -0.322 e. The molecule has 9 heteroatoms. The summed E-state index contributed by atoms with van der Waals surface area (Å²) in [6.45, 7) is 0. The lowest BCUT2D eigenvalue weighted by Crippen LogP contribution is -2.14. The maximum atomic E-state index is 13.8. The first kappa shape index (κ1) is 15.8. The lowest BCUT2D eigenvalue weighted by atomic mass is 10.1. The van der Waals surface area contributed by atoms with Crippen LogP contribution in [-0.4, -0.2) is 19.2 Å². The number of hydrogen-bond acceptors (Lipinski definition) is 5. The van der Waals surface area contributed by atoms with Gasteiger partial charge in [-0.25, -0.2) is 12.8 Å². The van der Waals surface area contributed by atoms with Gasteiger partial charge < -0.3 is 5.32 Å². The van der Waals surface area contributed by atoms with E-state index in [9.17, 15) is 27.7 Å². The maximum absolute atomic E-state index is 13.8. The standard InChI is InChI=1S/C15H9FN2O5S/c16-13-8-11(18(20)21)3-4-12(13)15(19)17-10-2-1-9-5-6-24(22,23)14(9)7-10/h1-8H,(H,17,19). The zero-order valence-electron chi connectivity index (χ0n) is 11.9. The lowest BCUT2D eigenvalue weighted by Gasteiger charge is -2.08. The van der Waals surface area contributed by atoms with Gasteiger partial charge in [0.2, 0.25) is 9.84 Å². The summed E-state index contributed by atoms with van der Waals surface area (Å²) in [6, 6.07) is 6.91. The molecule has 122 valence electrons. The molecule has 0 aliphatic carbocycles. The van der Waals surface area contributed by atoms with Crippen molar-refractivity contribution in [3.05, 3.63) is 68.9 Å². The molecule has 0 bridgehead atoms. The van der Waals surface area contributed by atoms with Gasteiger partial charge in [0.05, 0.1) is 21.4 Å². The number of hydrogen-bond donors (Lipinski definition) is 1. The Bertz CT molecular complexity index is 1010. The molecule has 0 fully saturated rings. The summed E-state index contributed by atoms with van der Waals surface area (Å²) in [5.74, 6) is -1.89. The van der Waals surface area contributed by atoms with Gasteiger partial charge in [-0.1, -0.05) is 6.07 Å². The molecule has 0 saturated heterocycles. The molecular formula is C15H9FN2O5S. The predicted molar refractivity (Wildman–Crippen MR) is 83.7 cm³/mol. The Morgan fingerprint density at radius 2 is 1.92 bits per heavy atom. The summed E-state index contributed by atoms with van der Waals surface area (Å²) in [5, 5.41) is 14.0. The highest BCUT2D eigenvalue weighted by atomic mass is 32.2. The van der Waals surface area contributed by atoms with Crippen LogP contribution in [0.1, 0.15) is 15.9 Å². The van der Waals surface area contributed by atoms with Crippen molar-refractivity contribution in [3.63, 3.8) is 0 Å². The van der Waals surface area contributed by atoms with Gasteiger partial charge in [-0.15, -0.1) is 0 Å². The minimum atomic E-state index is -3.53. The Balaban J connectivity index is 1.88. The number of non-ortho nitro benzene ring substituents is 1. The Hall–Kier alpha value is -3.07. The van der Waals surface area contributed by atoms with Crippen LogP contribution in [0.4, 0.5) is 15.8 Å². The van der Waals surface area contributed by atoms with Crippen LogP contribution >= 0.6 is 0 Å². The minimum absolute atomic E-state index is 0.0458. The number of amides is 1. The average molecular weight is 348 g/mol. The highest BCUT2D eigenvalue weighted by molar-refractivity contribution is 7.94. The van der Waals surface area contributed by atoms with Gasteiger partial charge in [0.15, 0.2) is 0 Å². The highest BCUT2D eigenvalue weighted by Gasteiger charge is 2.22. The predicted octanol–water partition coefficient (Wildman–Crippen LogP) is 2.74. The van der Waals surface area contributed by atoms with Gasteiger partial charge in [0.25, 0.3) is 11.6 Å². The van der Waals surface area contributed by atoms with E-state index >= 15 is 0 Å². The molecule has 3 rings (SSSR count). The number of nitrogens with zero attached hydrogens (tertiary/aromatic N) is 1. The van der Waals surface area contributed by atoms with Crippen LogP contribution in [0, 0.1) is 15.9 Å². The van der Waals surface area contributed by atoms with Crippen molar-refractivity contribution >= 4 is 33.2 Å². The van der Waals surface area contributed by atoms with Crippen LogP contribution in [0.25, 0.3) is 6.08 Å². The molecule has 1 amide bonds. The number of halogens is 1. The van der Waals surface area contributed by atoms with Gasteiger partial charge in [-0.05, 0) is 29.8 Å². The quantitative estimate of drug-likeness (QED) is 0.678. The van der Waals surface area contributed by atoms with Gasteiger partial charge in [-0.2, -0.15) is 0 Å². The Morgan fingerprint density at radius 1 is 1.17 bits per heavy atom. The molecule has 2 aromatic rings. The molecule has 1 aliphatic rings. The molecule has 0 unspecified atom stereocenters. The second-order valence-corrected chi connectivity index (χ2v) is 6.78. The van der Waals surface area contributed by atoms with Crippen LogP contribution in [0.2, 0.25) is 0 Å². The van der Waals surface area contributed by atoms with Crippen molar-refractivity contribution in [3.8, 4) is 0 Å². The summed E-state index contributed by atoms with van der Waals surface area (Å²) in [7, 11) is -3.53. The number of nitro benzene ring substituents is 1. The summed E-state index contributed by atoms with van der Waals surface area (Å²) in [5.41, 5.74) is -0.195. The number of rotatable bonds is 3. The number of sulfone groups is 1. The van der Waals surface area contributed by atoms with E-state index in [-0.39, 0.29) is 16.1 Å². The van der Waals surface area contributed by atoms with Crippen molar-refractivity contribution in [2.45, 2.75) is 4.90 Å². The van der Waals surface area contributed by atoms with Crippen LogP contribution in [0.5, 0.6) is 0 Å². The number of nitrogens with one attached hydrogen (secondary N) is 1. The van der Waals surface area contributed by atoms with Crippen LogP contribution < -0.4 is 5.32 Å². The fraction of sp³-hybridized carbons (Fsp3) is 0. The fourth-order valence-corrected chi connectivity index (χ4v) is 3.46. The molecule has 1 aliphatic heterocycles. The summed E-state index contributed by atoms with van der Waals surface area (Å²) < 4.78 is 37.4. The first-order valence-corrected chi connectivity index (χ1v) is 8.15. The van der Waals surface area contributed by atoms with Crippen LogP contribution in [-0.2, 0) is 9.84 Å². The van der Waals surface area contributed by atoms with E-state index in [1.54, 1.807) is 0 Å². The van der Waals surface area contributed by atoms with E-state index in [0.29, 0.717) is 11.6 Å². The van der Waals surface area contributed by atoms with E-state index in [1.807, 2.05) is 0 Å². The zero-order valence-corrected chi connectivity index (χ0v) is 12.7. The summed E-state index contributed by atoms with van der Waals surface area (Å²) in [4.78, 5) is 21.9. The van der Waals surface area contributed by atoms with Crippen molar-refractivity contribution in [1.29, 1.82) is 0 Å². The van der Waals surface area contributed by atoms with Gasteiger partial charge in [-0.3, -0.25) is 14.9 Å². The molecule has 0 aromatic heterocycles. The highest BCUT2D eigenvalue weighted by Crippen LogP contribution is 2.29. The Morgan fingerprint density at radius 3 is 2.58 bits per heavy atom. The fourth-order valence-electron chi connectivity index (χ4n) is 2.23. The third kappa shape index (κ3) is 2.76. The Kier molecular flexibility index (Phi) is 3.64. The average Bonchev–Trinajstić information content (AvgIpc) is 2.82. The van der Waals surface area contributed by atoms with Crippen LogP contribution in [0.3, 0.4) is 0 Å². The number of nitro groups is 1. The number of carbonyl (C=O) groups excluding carboxylic acids is 1. The van der Waals surface area contributed by atoms with Gasteiger partial charge in [0, 0.05) is 17.2 Å². The molecular weight excluding hydrogens is 339 g/mol. The molecule has 24 heavy (non-hydrogen) atoms. The number of fused-ring (bicyclic) bond motifs is 1. The Labute approximate surface area is 135 Å². The summed E-state index contributed by atoms with van der Waals surface area (Å²) in [6.07, 6.45) is 1.44. The molecule has 0 spiro atoms. The molecule has 1 N–H and O–H groups in total. The molecule has 1 heterocycles. The largest absolute Gasteiger partial charge is 0.322 e. The van der Waals surface area contributed by atoms with Gasteiger partial charge in [0.1, 0.15) is 5.82 Å². The van der Waals surface area contributed by atoms with E-state index in [4.69, 9.17) is 0 Å². The molecule has 0 radical (unpaired) electrons. The van der Waals surface area contributed by atoms with Crippen molar-refractivity contribution in [1.82, 2.24) is 0 Å². The van der Waals surface area contributed by atoms with Crippen LogP contribution in [0.15, 0.2) is 46.7 Å². The summed E-state index contributed by atoms with van der Waals surface area (Å²) >= 11 is 0. The van der Waals surface area contributed by atoms with Crippen molar-refractivity contribution in [2.75, 3.05) is 5.32 Å². The van der Waals surface area contributed by atoms with Crippen molar-refractivity contribution in [2.24, 2.45) is 0 Å². The third-order valence-electron chi connectivity index (χ3n) is 3.41. The first-order chi connectivity index (χ1) is 11.3. The monoisotopic (exact) mass is 348 g/mol. The van der Waals surface area contributed by atoms with Crippen molar-refractivity contribution < 1.29 is 22.5 Å². The second-order valence-electron chi connectivity index (χ2n) is 4.98. The molecule has 0 saturated carbocycles. The lowest BCUT2D eigenvalue weighted by molar-refractivity contribution is -0.385. The smallest absolute Gasteiger partial charge is 0.272 e. The first-order valence-electron chi connectivity index (χ1n) is 6.60. The molecule has 7 nitrogen and oxygen atoms in total. The van der Waals surface area contributed by atoms with E-state index in [0.717, 1.165) is 17.5 Å². The normalized spacial score (nSPS) is 14.2. The number of carbonyl (C=O) groups is 1.